The summed E-state index contributed by atoms with van der Waals surface area (Å²) in [4.78, 5) is 2.40. The smallest absolute Gasteiger partial charge is 0.162 e. The highest BCUT2D eigenvalue weighted by atomic mass is 35.5. The van der Waals surface area contributed by atoms with Crippen LogP contribution < -0.4 is 4.74 Å². The number of aromatic hydroxyl groups is 1. The first kappa shape index (κ1) is 17.4. The summed E-state index contributed by atoms with van der Waals surface area (Å²) in [6, 6.07) is 2.05. The Morgan fingerprint density at radius 1 is 1.36 bits per heavy atom. The van der Waals surface area contributed by atoms with Crippen LogP contribution in [-0.2, 0) is 16.6 Å². The Balaban J connectivity index is 1.94. The van der Waals surface area contributed by atoms with Gasteiger partial charge < -0.3 is 24.6 Å². The number of hydrogen-bond acceptors (Lipinski definition) is 5. The number of likely N-dealkylation sites (N-methyl/N-ethyl adjacent to an activating group) is 1. The second kappa shape index (κ2) is 6.02. The van der Waals surface area contributed by atoms with Gasteiger partial charge in [-0.1, -0.05) is 11.6 Å². The molecule has 3 aliphatic rings. The van der Waals surface area contributed by atoms with Gasteiger partial charge in [0.05, 0.1) is 19.3 Å². The fourth-order valence-corrected chi connectivity index (χ4v) is 5.94. The SMILES string of the molecule is COc1cc(Cl)c2c(c1O)[C@]13CCN(C)[C@H](C2)[C@@H]1C[C@@H](OC)[C@@H](O)C3. The van der Waals surface area contributed by atoms with Gasteiger partial charge in [0.15, 0.2) is 11.5 Å². The number of phenolic OH excluding ortho intramolecular Hbond substituents is 1. The summed E-state index contributed by atoms with van der Waals surface area (Å²) < 4.78 is 10.9. The van der Waals surface area contributed by atoms with E-state index in [0.717, 1.165) is 36.9 Å². The van der Waals surface area contributed by atoms with Gasteiger partial charge in [-0.25, -0.2) is 0 Å². The topological polar surface area (TPSA) is 62.2 Å². The molecule has 2 aliphatic carbocycles. The number of likely N-dealkylation sites (tertiary alicyclic amines) is 1. The molecule has 25 heavy (non-hydrogen) atoms. The van der Waals surface area contributed by atoms with E-state index < -0.39 is 6.10 Å². The van der Waals surface area contributed by atoms with E-state index in [1.165, 1.54) is 0 Å². The molecule has 2 fully saturated rings. The Kier molecular flexibility index (Phi) is 4.19. The quantitative estimate of drug-likeness (QED) is 0.840. The van der Waals surface area contributed by atoms with Crippen molar-refractivity contribution >= 4 is 11.6 Å². The summed E-state index contributed by atoms with van der Waals surface area (Å²) >= 11 is 6.58. The van der Waals surface area contributed by atoms with Crippen molar-refractivity contribution in [1.82, 2.24) is 4.90 Å². The number of benzene rings is 1. The molecular formula is C19H26ClNO4. The van der Waals surface area contributed by atoms with Gasteiger partial charge in [0.2, 0.25) is 0 Å². The summed E-state index contributed by atoms with van der Waals surface area (Å²) in [5, 5.41) is 22.3. The second-order valence-electron chi connectivity index (χ2n) is 7.81. The minimum Gasteiger partial charge on any atom is -0.504 e. The van der Waals surface area contributed by atoms with Crippen LogP contribution in [0.5, 0.6) is 11.5 Å². The zero-order valence-corrected chi connectivity index (χ0v) is 15.7. The molecule has 5 atom stereocenters. The first-order valence-corrected chi connectivity index (χ1v) is 9.30. The van der Waals surface area contributed by atoms with Gasteiger partial charge in [-0.15, -0.1) is 0 Å². The first-order valence-electron chi connectivity index (χ1n) is 8.93. The number of rotatable bonds is 2. The molecule has 138 valence electrons. The lowest BCUT2D eigenvalue weighted by Crippen LogP contribution is -2.63. The van der Waals surface area contributed by atoms with E-state index in [2.05, 4.69) is 11.9 Å². The van der Waals surface area contributed by atoms with E-state index in [1.807, 2.05) is 0 Å². The molecule has 0 aromatic heterocycles. The maximum Gasteiger partial charge on any atom is 0.162 e. The number of phenols is 1. The number of aliphatic hydroxyl groups excluding tert-OH is 1. The summed E-state index contributed by atoms with van der Waals surface area (Å²) in [6.07, 6.45) is 2.38. The number of nitrogens with zero attached hydrogens (tertiary/aromatic N) is 1. The number of aliphatic hydroxyl groups is 1. The molecule has 0 spiro atoms. The van der Waals surface area contributed by atoms with E-state index in [0.29, 0.717) is 29.2 Å². The van der Waals surface area contributed by atoms with Crippen LogP contribution >= 0.6 is 11.6 Å². The summed E-state index contributed by atoms with van der Waals surface area (Å²) in [5.74, 6) is 0.928. The van der Waals surface area contributed by atoms with Crippen molar-refractivity contribution in [1.29, 1.82) is 0 Å². The molecule has 1 aromatic rings. The van der Waals surface area contributed by atoms with Gasteiger partial charge in [-0.05, 0) is 50.8 Å². The normalized spacial score (nSPS) is 37.3. The minimum atomic E-state index is -0.541. The predicted octanol–water partition coefficient (Wildman–Crippen LogP) is 2.34. The highest BCUT2D eigenvalue weighted by Gasteiger charge is 2.58. The third kappa shape index (κ3) is 2.33. The third-order valence-electron chi connectivity index (χ3n) is 6.89. The Morgan fingerprint density at radius 2 is 2.12 bits per heavy atom. The van der Waals surface area contributed by atoms with E-state index in [1.54, 1.807) is 20.3 Å². The number of methoxy groups -OCH3 is 2. The lowest BCUT2D eigenvalue weighted by molar-refractivity contribution is -0.114. The minimum absolute atomic E-state index is 0.156. The fraction of sp³-hybridized carbons (Fsp3) is 0.684. The largest absolute Gasteiger partial charge is 0.504 e. The zero-order chi connectivity index (χ0) is 17.9. The Morgan fingerprint density at radius 3 is 2.80 bits per heavy atom. The average molecular weight is 368 g/mol. The summed E-state index contributed by atoms with van der Waals surface area (Å²) in [7, 11) is 5.37. The number of hydrogen-bond donors (Lipinski definition) is 2. The molecule has 1 saturated heterocycles. The molecule has 1 aromatic carbocycles. The summed E-state index contributed by atoms with van der Waals surface area (Å²) in [5.41, 5.74) is 1.64. The van der Waals surface area contributed by atoms with E-state index >= 15 is 0 Å². The van der Waals surface area contributed by atoms with Gasteiger partial charge in [0.25, 0.3) is 0 Å². The van der Waals surface area contributed by atoms with Gasteiger partial charge in [-0.3, -0.25) is 0 Å². The van der Waals surface area contributed by atoms with E-state index in [4.69, 9.17) is 21.1 Å². The number of ether oxygens (including phenoxy) is 2. The van der Waals surface area contributed by atoms with Crippen molar-refractivity contribution in [2.75, 3.05) is 27.8 Å². The van der Waals surface area contributed by atoms with Crippen LogP contribution in [0.25, 0.3) is 0 Å². The highest BCUT2D eigenvalue weighted by molar-refractivity contribution is 6.31. The van der Waals surface area contributed by atoms with Crippen LogP contribution in [0.3, 0.4) is 0 Å². The molecule has 5 nitrogen and oxygen atoms in total. The van der Waals surface area contributed by atoms with Crippen molar-refractivity contribution in [3.63, 3.8) is 0 Å². The van der Waals surface area contributed by atoms with Gasteiger partial charge in [0.1, 0.15) is 0 Å². The first-order chi connectivity index (χ1) is 11.9. The lowest BCUT2D eigenvalue weighted by Gasteiger charge is -2.60. The molecule has 1 saturated carbocycles. The van der Waals surface area contributed by atoms with Crippen molar-refractivity contribution in [3.05, 3.63) is 22.2 Å². The second-order valence-corrected chi connectivity index (χ2v) is 8.22. The lowest BCUT2D eigenvalue weighted by atomic mass is 9.51. The van der Waals surface area contributed by atoms with Gasteiger partial charge in [0, 0.05) is 35.2 Å². The Bertz CT molecular complexity index is 696. The molecule has 4 rings (SSSR count). The standard InChI is InChI=1S/C19H26ClNO4/c1-21-5-4-19-9-14(22)15(24-2)7-11(19)13(21)6-10-12(20)8-16(25-3)18(23)17(10)19/h8,11,13-15,22-23H,4-7,9H2,1-3H3/t11-,13+,14-,15+,19-/m0/s1. The molecule has 2 N–H and O–H groups in total. The van der Waals surface area contributed by atoms with E-state index in [9.17, 15) is 10.2 Å². The Hall–Kier alpha value is -1.01. The van der Waals surface area contributed by atoms with Crippen LogP contribution in [0.2, 0.25) is 5.02 Å². The zero-order valence-electron chi connectivity index (χ0n) is 15.0. The van der Waals surface area contributed by atoms with Crippen molar-refractivity contribution < 1.29 is 19.7 Å². The van der Waals surface area contributed by atoms with Crippen LogP contribution in [0.4, 0.5) is 0 Å². The molecule has 0 amide bonds. The van der Waals surface area contributed by atoms with Crippen molar-refractivity contribution in [3.8, 4) is 11.5 Å². The van der Waals surface area contributed by atoms with Gasteiger partial charge in [-0.2, -0.15) is 0 Å². The molecular weight excluding hydrogens is 342 g/mol. The third-order valence-corrected chi connectivity index (χ3v) is 7.23. The molecule has 1 aliphatic heterocycles. The number of piperidine rings is 1. The number of fused-ring (bicyclic) bond motifs is 1. The van der Waals surface area contributed by atoms with Crippen LogP contribution in [0.15, 0.2) is 6.07 Å². The van der Waals surface area contributed by atoms with Crippen LogP contribution in [0, 0.1) is 5.92 Å². The molecule has 6 heteroatoms. The van der Waals surface area contributed by atoms with Gasteiger partial charge >= 0.3 is 0 Å². The Labute approximate surface area is 153 Å². The molecule has 1 heterocycles. The highest BCUT2D eigenvalue weighted by Crippen LogP contribution is 2.60. The average Bonchev–Trinajstić information content (AvgIpc) is 2.59. The van der Waals surface area contributed by atoms with Crippen LogP contribution in [-0.4, -0.2) is 61.2 Å². The fourth-order valence-electron chi connectivity index (χ4n) is 5.67. The van der Waals surface area contributed by atoms with E-state index in [-0.39, 0.29) is 17.3 Å². The number of halogens is 1. The molecule has 0 radical (unpaired) electrons. The predicted molar refractivity (Wildman–Crippen MR) is 95.6 cm³/mol. The molecule has 2 bridgehead atoms. The maximum atomic E-state index is 11.0. The van der Waals surface area contributed by atoms with Crippen molar-refractivity contribution in [2.24, 2.45) is 5.92 Å². The summed E-state index contributed by atoms with van der Waals surface area (Å²) in [6.45, 7) is 0.944. The van der Waals surface area contributed by atoms with Crippen LogP contribution in [0.1, 0.15) is 30.4 Å². The maximum absolute atomic E-state index is 11.0. The van der Waals surface area contributed by atoms with Crippen molar-refractivity contribution in [2.45, 2.75) is 49.3 Å². The molecule has 0 unspecified atom stereocenters. The monoisotopic (exact) mass is 367 g/mol.